The number of aliphatic hydroxyl groups excluding tert-OH is 3. The van der Waals surface area contributed by atoms with Crippen molar-refractivity contribution in [3.05, 3.63) is 35.9 Å². The Morgan fingerprint density at radius 2 is 1.77 bits per heavy atom. The number of esters is 1. The van der Waals surface area contributed by atoms with Crippen molar-refractivity contribution < 1.29 is 24.9 Å². The molecule has 0 saturated heterocycles. The lowest BCUT2D eigenvalue weighted by molar-refractivity contribution is -0.0476. The summed E-state index contributed by atoms with van der Waals surface area (Å²) in [5.41, 5.74) is 0.387. The number of carbonyl (C=O) groups excluding carboxylic acids is 1. The van der Waals surface area contributed by atoms with E-state index in [1.165, 1.54) is 6.42 Å². The van der Waals surface area contributed by atoms with E-state index >= 15 is 0 Å². The Morgan fingerprint density at radius 1 is 1.12 bits per heavy atom. The molecule has 1 aromatic carbocycles. The molecule has 0 aliphatic carbocycles. The first-order valence-corrected chi connectivity index (χ1v) is 9.78. The molecule has 4 unspecified atom stereocenters. The van der Waals surface area contributed by atoms with Crippen molar-refractivity contribution >= 4 is 17.6 Å². The van der Waals surface area contributed by atoms with E-state index in [0.29, 0.717) is 12.0 Å². The summed E-state index contributed by atoms with van der Waals surface area (Å²) < 4.78 is 5.21. The van der Waals surface area contributed by atoms with E-state index in [0.717, 1.165) is 25.7 Å². The first kappa shape index (κ1) is 22.9. The van der Waals surface area contributed by atoms with Crippen LogP contribution in [0, 0.1) is 5.92 Å². The van der Waals surface area contributed by atoms with Gasteiger partial charge < -0.3 is 20.1 Å². The standard InChI is InChI=1S/C20H31ClO5/c1-2-3-4-5-9-12-17(21)19(24)16(18(23)13-22)14-26-20(25)15-10-7-6-8-11-15/h6-8,10-11,16-19,22-24H,2-5,9,12-14H2,1H3. The third-order valence-corrected chi connectivity index (χ3v) is 4.97. The lowest BCUT2D eigenvalue weighted by Gasteiger charge is -2.29. The Morgan fingerprint density at radius 3 is 2.38 bits per heavy atom. The first-order valence-electron chi connectivity index (χ1n) is 9.34. The average Bonchev–Trinajstić information content (AvgIpc) is 2.67. The zero-order valence-electron chi connectivity index (χ0n) is 15.4. The van der Waals surface area contributed by atoms with E-state index in [1.807, 2.05) is 0 Å². The van der Waals surface area contributed by atoms with Gasteiger partial charge in [0.15, 0.2) is 0 Å². The van der Waals surface area contributed by atoms with Crippen molar-refractivity contribution in [2.24, 2.45) is 5.92 Å². The normalized spacial score (nSPS) is 15.9. The predicted octanol–water partition coefficient (Wildman–Crippen LogP) is 3.14. The van der Waals surface area contributed by atoms with Crippen molar-refractivity contribution in [1.82, 2.24) is 0 Å². The van der Waals surface area contributed by atoms with Gasteiger partial charge in [-0.1, -0.05) is 57.2 Å². The van der Waals surface area contributed by atoms with Crippen LogP contribution in [-0.2, 0) is 4.74 Å². The number of carbonyl (C=O) groups is 1. The number of hydrogen-bond acceptors (Lipinski definition) is 5. The molecule has 0 aliphatic rings. The summed E-state index contributed by atoms with van der Waals surface area (Å²) in [6.45, 7) is 1.39. The van der Waals surface area contributed by atoms with Gasteiger partial charge in [0.1, 0.15) is 0 Å². The zero-order chi connectivity index (χ0) is 19.4. The van der Waals surface area contributed by atoms with Gasteiger partial charge in [0.25, 0.3) is 0 Å². The molecule has 5 nitrogen and oxygen atoms in total. The third-order valence-electron chi connectivity index (χ3n) is 4.49. The summed E-state index contributed by atoms with van der Waals surface area (Å²) in [7, 11) is 0. The van der Waals surface area contributed by atoms with Crippen LogP contribution in [0.25, 0.3) is 0 Å². The number of halogens is 1. The van der Waals surface area contributed by atoms with Gasteiger partial charge in [0.2, 0.25) is 0 Å². The van der Waals surface area contributed by atoms with Crippen molar-refractivity contribution in [2.45, 2.75) is 63.0 Å². The van der Waals surface area contributed by atoms with Crippen LogP contribution in [0.5, 0.6) is 0 Å². The number of hydrogen-bond donors (Lipinski definition) is 3. The molecule has 0 saturated carbocycles. The van der Waals surface area contributed by atoms with E-state index in [4.69, 9.17) is 16.3 Å². The highest BCUT2D eigenvalue weighted by Crippen LogP contribution is 2.22. The van der Waals surface area contributed by atoms with Crippen molar-refractivity contribution in [3.63, 3.8) is 0 Å². The van der Waals surface area contributed by atoms with E-state index in [1.54, 1.807) is 30.3 Å². The fraction of sp³-hybridized carbons (Fsp3) is 0.650. The largest absolute Gasteiger partial charge is 0.462 e. The number of benzene rings is 1. The summed E-state index contributed by atoms with van der Waals surface area (Å²) in [4.78, 5) is 12.0. The minimum absolute atomic E-state index is 0.213. The molecule has 0 aromatic heterocycles. The fourth-order valence-electron chi connectivity index (χ4n) is 2.78. The highest BCUT2D eigenvalue weighted by atomic mass is 35.5. The average molecular weight is 387 g/mol. The van der Waals surface area contributed by atoms with Crippen LogP contribution in [-0.4, -0.2) is 52.1 Å². The second kappa shape index (κ2) is 13.1. The van der Waals surface area contributed by atoms with Crippen molar-refractivity contribution in [1.29, 1.82) is 0 Å². The van der Waals surface area contributed by atoms with Gasteiger partial charge in [-0.05, 0) is 18.6 Å². The molecule has 6 heteroatoms. The molecular weight excluding hydrogens is 356 g/mol. The molecule has 1 rings (SSSR count). The molecule has 3 N–H and O–H groups in total. The lowest BCUT2D eigenvalue weighted by Crippen LogP contribution is -2.42. The number of unbranched alkanes of at least 4 members (excludes halogenated alkanes) is 4. The van der Waals surface area contributed by atoms with Crippen LogP contribution in [0.1, 0.15) is 55.8 Å². The number of ether oxygens (including phenoxy) is 1. The molecule has 0 bridgehead atoms. The highest BCUT2D eigenvalue weighted by molar-refractivity contribution is 6.21. The van der Waals surface area contributed by atoms with Gasteiger partial charge in [-0.15, -0.1) is 11.6 Å². The van der Waals surface area contributed by atoms with Gasteiger partial charge in [0, 0.05) is 5.92 Å². The van der Waals surface area contributed by atoms with Crippen LogP contribution in [0.15, 0.2) is 30.3 Å². The van der Waals surface area contributed by atoms with Crippen molar-refractivity contribution in [3.8, 4) is 0 Å². The summed E-state index contributed by atoms with van der Waals surface area (Å²) in [5.74, 6) is -1.38. The number of rotatable bonds is 13. The molecule has 0 amide bonds. The van der Waals surface area contributed by atoms with Crippen LogP contribution in [0.3, 0.4) is 0 Å². The van der Waals surface area contributed by atoms with Gasteiger partial charge in [-0.3, -0.25) is 0 Å². The molecule has 0 aliphatic heterocycles. The monoisotopic (exact) mass is 386 g/mol. The Kier molecular flexibility index (Phi) is 11.5. The molecule has 1 aromatic rings. The SMILES string of the molecule is CCCCCCCC(Cl)C(O)C(COC(=O)c1ccccc1)C(O)CO. The maximum absolute atomic E-state index is 12.0. The van der Waals surface area contributed by atoms with E-state index in [-0.39, 0.29) is 6.61 Å². The second-order valence-corrected chi connectivity index (χ2v) is 7.15. The summed E-state index contributed by atoms with van der Waals surface area (Å²) in [6, 6.07) is 8.48. The summed E-state index contributed by atoms with van der Waals surface area (Å²) in [5, 5.41) is 29.1. The van der Waals surface area contributed by atoms with Crippen LogP contribution >= 0.6 is 11.6 Å². The maximum Gasteiger partial charge on any atom is 0.338 e. The van der Waals surface area contributed by atoms with E-state index in [2.05, 4.69) is 6.92 Å². The Hall–Kier alpha value is -1.14. The summed E-state index contributed by atoms with van der Waals surface area (Å²) >= 11 is 6.29. The molecule has 0 radical (unpaired) electrons. The second-order valence-electron chi connectivity index (χ2n) is 6.59. The lowest BCUT2D eigenvalue weighted by atomic mass is 9.92. The molecular formula is C20H31ClO5. The molecule has 0 spiro atoms. The van der Waals surface area contributed by atoms with Gasteiger partial charge in [-0.2, -0.15) is 0 Å². The van der Waals surface area contributed by atoms with Crippen LogP contribution in [0.4, 0.5) is 0 Å². The topological polar surface area (TPSA) is 87.0 Å². The molecule has 26 heavy (non-hydrogen) atoms. The molecule has 148 valence electrons. The van der Waals surface area contributed by atoms with Crippen LogP contribution in [0.2, 0.25) is 0 Å². The number of aliphatic hydroxyl groups is 3. The highest BCUT2D eigenvalue weighted by Gasteiger charge is 2.32. The molecule has 4 atom stereocenters. The maximum atomic E-state index is 12.0. The Balaban J connectivity index is 2.54. The predicted molar refractivity (Wildman–Crippen MR) is 102 cm³/mol. The Bertz CT molecular complexity index is 496. The first-order chi connectivity index (χ1) is 12.5. The third kappa shape index (κ3) is 8.04. The zero-order valence-corrected chi connectivity index (χ0v) is 16.1. The molecule has 0 heterocycles. The van der Waals surface area contributed by atoms with Crippen LogP contribution < -0.4 is 0 Å². The van der Waals surface area contributed by atoms with Crippen molar-refractivity contribution in [2.75, 3.05) is 13.2 Å². The van der Waals surface area contributed by atoms with E-state index in [9.17, 15) is 20.1 Å². The number of alkyl halides is 1. The van der Waals surface area contributed by atoms with E-state index < -0.39 is 36.1 Å². The van der Waals surface area contributed by atoms with Gasteiger partial charge >= 0.3 is 5.97 Å². The smallest absolute Gasteiger partial charge is 0.338 e. The minimum atomic E-state index is -1.21. The van der Waals surface area contributed by atoms with Gasteiger partial charge in [-0.25, -0.2) is 4.79 Å². The molecule has 0 fully saturated rings. The Labute approximate surface area is 161 Å². The summed E-state index contributed by atoms with van der Waals surface area (Å²) in [6.07, 6.45) is 3.71. The quantitative estimate of drug-likeness (QED) is 0.275. The van der Waals surface area contributed by atoms with Gasteiger partial charge in [0.05, 0.1) is 36.4 Å². The fourth-order valence-corrected chi connectivity index (χ4v) is 3.13. The minimum Gasteiger partial charge on any atom is -0.462 e.